The normalized spacial score (nSPS) is 14.5. The molecule has 4 rings (SSSR count). The third-order valence-corrected chi connectivity index (χ3v) is 5.69. The van der Waals surface area contributed by atoms with Gasteiger partial charge in [-0.2, -0.15) is 0 Å². The van der Waals surface area contributed by atoms with Gasteiger partial charge in [0.2, 0.25) is 0 Å². The van der Waals surface area contributed by atoms with E-state index in [1.165, 1.54) is 0 Å². The molecule has 0 saturated heterocycles. The first-order valence-electron chi connectivity index (χ1n) is 10.7. The Morgan fingerprint density at radius 1 is 1.19 bits per heavy atom. The smallest absolute Gasteiger partial charge is 0.340 e. The lowest BCUT2D eigenvalue weighted by Gasteiger charge is -2.27. The minimum atomic E-state index is -0.919. The highest BCUT2D eigenvalue weighted by molar-refractivity contribution is 6.06. The molecule has 1 unspecified atom stereocenters. The Morgan fingerprint density at radius 3 is 2.78 bits per heavy atom. The molecule has 0 radical (unpaired) electrons. The number of methoxy groups -OCH3 is 1. The van der Waals surface area contributed by atoms with E-state index in [4.69, 9.17) is 14.5 Å². The number of nitrogens with zero attached hydrogens (tertiary/aromatic N) is 2. The molecule has 1 amide bonds. The number of para-hydroxylation sites is 1. The maximum absolute atomic E-state index is 13.4. The number of pyridine rings is 1. The molecule has 0 aliphatic carbocycles. The highest BCUT2D eigenvalue weighted by Gasteiger charge is 2.28. The summed E-state index contributed by atoms with van der Waals surface area (Å²) in [7, 11) is 3.58. The van der Waals surface area contributed by atoms with E-state index < -0.39 is 12.1 Å². The third-order valence-electron chi connectivity index (χ3n) is 5.69. The van der Waals surface area contributed by atoms with Gasteiger partial charge in [0.15, 0.2) is 6.10 Å². The maximum Gasteiger partial charge on any atom is 0.340 e. The van der Waals surface area contributed by atoms with Crippen molar-refractivity contribution in [1.82, 2.24) is 9.88 Å². The molecule has 2 aromatic carbocycles. The predicted molar refractivity (Wildman–Crippen MR) is 123 cm³/mol. The molecule has 1 aliphatic heterocycles. The number of nitrogens with one attached hydrogen (secondary N) is 1. The molecule has 1 atom stereocenters. The summed E-state index contributed by atoms with van der Waals surface area (Å²) in [5.74, 6) is -0.243. The van der Waals surface area contributed by atoms with Crippen LogP contribution in [-0.4, -0.2) is 48.6 Å². The number of rotatable bonds is 6. The molecule has 0 saturated carbocycles. The molecular formula is C25H27N3O4. The average Bonchev–Trinajstić information content (AvgIpc) is 2.80. The van der Waals surface area contributed by atoms with Crippen molar-refractivity contribution in [2.24, 2.45) is 0 Å². The second-order valence-electron chi connectivity index (χ2n) is 7.94. The number of hydrogen-bond acceptors (Lipinski definition) is 6. The van der Waals surface area contributed by atoms with Crippen molar-refractivity contribution in [2.45, 2.75) is 32.4 Å². The van der Waals surface area contributed by atoms with E-state index in [2.05, 4.69) is 10.2 Å². The number of ether oxygens (including phenoxy) is 2. The molecule has 166 valence electrons. The van der Waals surface area contributed by atoms with Crippen LogP contribution in [0.15, 0.2) is 48.5 Å². The molecule has 0 fully saturated rings. The van der Waals surface area contributed by atoms with Gasteiger partial charge in [0.25, 0.3) is 5.91 Å². The first-order chi connectivity index (χ1) is 15.5. The summed E-state index contributed by atoms with van der Waals surface area (Å²) >= 11 is 0. The lowest BCUT2D eigenvalue weighted by molar-refractivity contribution is -0.124. The van der Waals surface area contributed by atoms with Crippen molar-refractivity contribution in [2.75, 3.05) is 26.0 Å². The molecule has 2 heterocycles. The number of carbonyl (C=O) groups is 2. The summed E-state index contributed by atoms with van der Waals surface area (Å²) in [5, 5.41) is 3.56. The molecule has 7 nitrogen and oxygen atoms in total. The van der Waals surface area contributed by atoms with Crippen LogP contribution >= 0.6 is 0 Å². The van der Waals surface area contributed by atoms with Crippen molar-refractivity contribution in [1.29, 1.82) is 0 Å². The second kappa shape index (κ2) is 9.36. The second-order valence-corrected chi connectivity index (χ2v) is 7.94. The van der Waals surface area contributed by atoms with Crippen LogP contribution in [0.2, 0.25) is 0 Å². The number of fused-ring (bicyclic) bond motifs is 2. The van der Waals surface area contributed by atoms with Crippen LogP contribution in [0.4, 0.5) is 5.69 Å². The number of amides is 1. The molecule has 7 heteroatoms. The van der Waals surface area contributed by atoms with Gasteiger partial charge in [-0.05, 0) is 31.7 Å². The Labute approximate surface area is 187 Å². The monoisotopic (exact) mass is 433 g/mol. The van der Waals surface area contributed by atoms with Gasteiger partial charge >= 0.3 is 5.97 Å². The summed E-state index contributed by atoms with van der Waals surface area (Å²) in [6, 6.07) is 14.6. The van der Waals surface area contributed by atoms with Crippen molar-refractivity contribution in [3.8, 4) is 5.75 Å². The van der Waals surface area contributed by atoms with E-state index in [-0.39, 0.29) is 5.91 Å². The number of carbonyl (C=O) groups excluding carboxylic acids is 2. The van der Waals surface area contributed by atoms with Gasteiger partial charge in [-0.3, -0.25) is 9.78 Å². The van der Waals surface area contributed by atoms with E-state index in [9.17, 15) is 9.59 Å². The van der Waals surface area contributed by atoms with Gasteiger partial charge in [0, 0.05) is 47.9 Å². The Bertz CT molecular complexity index is 1160. The van der Waals surface area contributed by atoms with Gasteiger partial charge < -0.3 is 19.7 Å². The molecule has 32 heavy (non-hydrogen) atoms. The summed E-state index contributed by atoms with van der Waals surface area (Å²) in [6.45, 7) is 3.31. The fraction of sp³-hybridized carbons (Fsp3) is 0.320. The number of anilines is 1. The fourth-order valence-corrected chi connectivity index (χ4v) is 3.99. The van der Waals surface area contributed by atoms with Gasteiger partial charge in [-0.25, -0.2) is 4.79 Å². The van der Waals surface area contributed by atoms with Crippen molar-refractivity contribution in [3.05, 3.63) is 65.4 Å². The third kappa shape index (κ3) is 4.43. The number of likely N-dealkylation sites (N-methyl/N-ethyl adjacent to an activating group) is 1. The molecule has 0 spiro atoms. The van der Waals surface area contributed by atoms with Crippen LogP contribution in [0.25, 0.3) is 10.9 Å². The lowest BCUT2D eigenvalue weighted by Crippen LogP contribution is -2.34. The van der Waals surface area contributed by atoms with E-state index in [0.717, 1.165) is 35.1 Å². The first-order valence-corrected chi connectivity index (χ1v) is 10.7. The zero-order valence-electron chi connectivity index (χ0n) is 18.6. The molecule has 1 N–H and O–H groups in total. The number of benzene rings is 2. The van der Waals surface area contributed by atoms with Crippen LogP contribution in [-0.2, 0) is 22.5 Å². The summed E-state index contributed by atoms with van der Waals surface area (Å²) < 4.78 is 11.0. The van der Waals surface area contributed by atoms with Crippen LogP contribution in [0, 0.1) is 0 Å². The largest absolute Gasteiger partial charge is 0.497 e. The molecule has 3 aromatic rings. The molecule has 0 bridgehead atoms. The zero-order valence-corrected chi connectivity index (χ0v) is 18.6. The number of aromatic nitrogens is 1. The Morgan fingerprint density at radius 2 is 2.00 bits per heavy atom. The molecule has 1 aromatic heterocycles. The Kier molecular flexibility index (Phi) is 6.37. The SMILES string of the molecule is CCC(OC(=O)c1c2c(nc3ccccc13)CCN(C)C2)C(=O)Nc1cccc(OC)c1. The quantitative estimate of drug-likeness (QED) is 0.596. The lowest BCUT2D eigenvalue weighted by atomic mass is 9.96. The van der Waals surface area contributed by atoms with Crippen LogP contribution in [0.1, 0.15) is 35.0 Å². The van der Waals surface area contributed by atoms with E-state index in [1.54, 1.807) is 31.4 Å². The summed E-state index contributed by atoms with van der Waals surface area (Å²) in [4.78, 5) is 33.2. The van der Waals surface area contributed by atoms with Crippen molar-refractivity contribution >= 4 is 28.5 Å². The minimum absolute atomic E-state index is 0.354. The van der Waals surface area contributed by atoms with Gasteiger partial charge in [0.05, 0.1) is 18.2 Å². The van der Waals surface area contributed by atoms with Crippen LogP contribution in [0.3, 0.4) is 0 Å². The zero-order chi connectivity index (χ0) is 22.7. The highest BCUT2D eigenvalue weighted by Crippen LogP contribution is 2.29. The minimum Gasteiger partial charge on any atom is -0.497 e. The predicted octanol–water partition coefficient (Wildman–Crippen LogP) is 3.81. The van der Waals surface area contributed by atoms with E-state index in [1.807, 2.05) is 38.2 Å². The highest BCUT2D eigenvalue weighted by atomic mass is 16.5. The van der Waals surface area contributed by atoms with Gasteiger partial charge in [0.1, 0.15) is 5.75 Å². The summed E-state index contributed by atoms with van der Waals surface area (Å²) in [5.41, 5.74) is 3.65. The standard InChI is InChI=1S/C25H27N3O4/c1-4-22(24(29)26-16-8-7-9-17(14-16)31-3)32-25(30)23-18-10-5-6-11-20(18)27-21-12-13-28(2)15-19(21)23/h5-11,14,22H,4,12-13,15H2,1-3H3,(H,26,29). The van der Waals surface area contributed by atoms with Crippen molar-refractivity contribution < 1.29 is 19.1 Å². The summed E-state index contributed by atoms with van der Waals surface area (Å²) in [6.07, 6.45) is 0.203. The van der Waals surface area contributed by atoms with E-state index in [0.29, 0.717) is 30.0 Å². The maximum atomic E-state index is 13.4. The number of hydrogen-bond donors (Lipinski definition) is 1. The Balaban J connectivity index is 1.62. The first kappa shape index (κ1) is 21.8. The van der Waals surface area contributed by atoms with Gasteiger partial charge in [-0.1, -0.05) is 31.2 Å². The Hall–Kier alpha value is -3.45. The van der Waals surface area contributed by atoms with E-state index >= 15 is 0 Å². The topological polar surface area (TPSA) is 80.8 Å². The van der Waals surface area contributed by atoms with Crippen LogP contribution < -0.4 is 10.1 Å². The van der Waals surface area contributed by atoms with Crippen LogP contribution in [0.5, 0.6) is 5.75 Å². The molecule has 1 aliphatic rings. The number of esters is 1. The molecular weight excluding hydrogens is 406 g/mol. The fourth-order valence-electron chi connectivity index (χ4n) is 3.99. The van der Waals surface area contributed by atoms with Gasteiger partial charge in [-0.15, -0.1) is 0 Å². The van der Waals surface area contributed by atoms with Crippen molar-refractivity contribution in [3.63, 3.8) is 0 Å². The average molecular weight is 434 g/mol.